The highest BCUT2D eigenvalue weighted by molar-refractivity contribution is 5.82. The van der Waals surface area contributed by atoms with Gasteiger partial charge in [0.25, 0.3) is 0 Å². The van der Waals surface area contributed by atoms with E-state index in [2.05, 4.69) is 36.5 Å². The number of amides is 1. The van der Waals surface area contributed by atoms with Crippen LogP contribution >= 0.6 is 0 Å². The normalized spacial score (nSPS) is 26.1. The van der Waals surface area contributed by atoms with E-state index in [1.54, 1.807) is 0 Å². The van der Waals surface area contributed by atoms with Crippen LogP contribution in [0.1, 0.15) is 62.5 Å². The lowest BCUT2D eigenvalue weighted by atomic mass is 9.32. The summed E-state index contributed by atoms with van der Waals surface area (Å²) in [4.78, 5) is 24.5. The van der Waals surface area contributed by atoms with Gasteiger partial charge in [-0.2, -0.15) is 0 Å². The standard InChI is InChI=1S/C26H29NO4/c1-2-3-12-25-14-26(15-25,16-25)22(23(28)29)27-24(30)31-13-21-19-10-6-4-8-17(19)18-9-5-7-11-20(18)21/h4-11,21-22H,2-3,12-16H2,1H3,(H,27,30)(H,28,29). The Bertz CT molecular complexity index is 964. The second kappa shape index (κ2) is 7.40. The smallest absolute Gasteiger partial charge is 0.407 e. The summed E-state index contributed by atoms with van der Waals surface area (Å²) in [5.74, 6) is -0.994. The molecule has 0 saturated heterocycles. The molecule has 4 aliphatic rings. The predicted octanol–water partition coefficient (Wildman–Crippen LogP) is 5.34. The van der Waals surface area contributed by atoms with E-state index in [0.717, 1.165) is 36.8 Å². The van der Waals surface area contributed by atoms with Crippen LogP contribution in [0, 0.1) is 10.8 Å². The molecular formula is C26H29NO4. The minimum Gasteiger partial charge on any atom is -0.480 e. The molecule has 2 aromatic rings. The maximum absolute atomic E-state index is 12.6. The van der Waals surface area contributed by atoms with Crippen LogP contribution in [0.15, 0.2) is 48.5 Å². The fourth-order valence-corrected chi connectivity index (χ4v) is 6.44. The number of hydrogen-bond acceptors (Lipinski definition) is 3. The van der Waals surface area contributed by atoms with Gasteiger partial charge in [0.05, 0.1) is 0 Å². The summed E-state index contributed by atoms with van der Waals surface area (Å²) in [5.41, 5.74) is 4.66. The molecule has 4 aliphatic carbocycles. The minimum absolute atomic E-state index is 0.0336. The molecule has 0 heterocycles. The second-order valence-corrected chi connectivity index (χ2v) is 9.74. The highest BCUT2D eigenvalue weighted by Crippen LogP contribution is 2.76. The Morgan fingerprint density at radius 2 is 1.65 bits per heavy atom. The van der Waals surface area contributed by atoms with E-state index in [1.807, 2.05) is 24.3 Å². The van der Waals surface area contributed by atoms with E-state index in [-0.39, 0.29) is 17.9 Å². The van der Waals surface area contributed by atoms with Gasteiger partial charge in [0.2, 0.25) is 0 Å². The molecule has 3 saturated carbocycles. The Labute approximate surface area is 182 Å². The van der Waals surface area contributed by atoms with Gasteiger partial charge in [-0.3, -0.25) is 0 Å². The number of carbonyl (C=O) groups is 2. The average Bonchev–Trinajstić information content (AvgIpc) is 3.03. The first-order valence-electron chi connectivity index (χ1n) is 11.3. The van der Waals surface area contributed by atoms with Gasteiger partial charge in [-0.15, -0.1) is 0 Å². The van der Waals surface area contributed by atoms with Crippen molar-refractivity contribution in [2.75, 3.05) is 6.61 Å². The molecule has 162 valence electrons. The Morgan fingerprint density at radius 3 is 2.19 bits per heavy atom. The Morgan fingerprint density at radius 1 is 1.06 bits per heavy atom. The van der Waals surface area contributed by atoms with Crippen molar-refractivity contribution < 1.29 is 19.4 Å². The summed E-state index contributed by atoms with van der Waals surface area (Å²) < 4.78 is 5.58. The van der Waals surface area contributed by atoms with Crippen molar-refractivity contribution >= 4 is 12.1 Å². The van der Waals surface area contributed by atoms with Crippen molar-refractivity contribution in [3.8, 4) is 11.1 Å². The zero-order valence-electron chi connectivity index (χ0n) is 17.9. The van der Waals surface area contributed by atoms with Gasteiger partial charge in [-0.25, -0.2) is 9.59 Å². The highest BCUT2D eigenvalue weighted by atomic mass is 16.5. The molecule has 0 spiro atoms. The third-order valence-corrected chi connectivity index (χ3v) is 7.71. The Balaban J connectivity index is 1.23. The number of hydrogen-bond donors (Lipinski definition) is 2. The van der Waals surface area contributed by atoms with Crippen molar-refractivity contribution in [3.05, 3.63) is 59.7 Å². The fourth-order valence-electron chi connectivity index (χ4n) is 6.44. The van der Waals surface area contributed by atoms with E-state index >= 15 is 0 Å². The molecule has 5 nitrogen and oxygen atoms in total. The van der Waals surface area contributed by atoms with Crippen LogP contribution in [0.5, 0.6) is 0 Å². The molecule has 0 aliphatic heterocycles. The summed E-state index contributed by atoms with van der Waals surface area (Å²) in [6, 6.07) is 15.5. The summed E-state index contributed by atoms with van der Waals surface area (Å²) in [7, 11) is 0. The van der Waals surface area contributed by atoms with Gasteiger partial charge in [0.1, 0.15) is 12.6 Å². The molecule has 31 heavy (non-hydrogen) atoms. The zero-order valence-corrected chi connectivity index (χ0v) is 17.9. The number of aliphatic carboxylic acids is 1. The molecule has 2 bridgehead atoms. The number of unbranched alkanes of at least 4 members (excludes halogenated alkanes) is 1. The zero-order chi connectivity index (χ0) is 21.6. The predicted molar refractivity (Wildman–Crippen MR) is 118 cm³/mol. The maximum atomic E-state index is 12.6. The van der Waals surface area contributed by atoms with Gasteiger partial charge in [0.15, 0.2) is 0 Å². The Hall–Kier alpha value is -2.82. The van der Waals surface area contributed by atoms with E-state index in [9.17, 15) is 14.7 Å². The lowest BCUT2D eigenvalue weighted by Crippen LogP contribution is -2.71. The topological polar surface area (TPSA) is 75.6 Å². The quantitative estimate of drug-likeness (QED) is 0.606. The van der Waals surface area contributed by atoms with Crippen molar-refractivity contribution in [1.82, 2.24) is 5.32 Å². The molecule has 6 rings (SSSR count). The molecule has 1 amide bonds. The number of carbonyl (C=O) groups excluding carboxylic acids is 1. The monoisotopic (exact) mass is 419 g/mol. The number of benzene rings is 2. The molecule has 1 atom stereocenters. The van der Waals surface area contributed by atoms with E-state index in [0.29, 0.717) is 5.41 Å². The van der Waals surface area contributed by atoms with E-state index in [1.165, 1.54) is 24.0 Å². The largest absolute Gasteiger partial charge is 0.480 e. The molecule has 3 fully saturated rings. The third kappa shape index (κ3) is 3.22. The number of carboxylic acid groups (broad SMARTS) is 1. The highest BCUT2D eigenvalue weighted by Gasteiger charge is 2.71. The maximum Gasteiger partial charge on any atom is 0.407 e. The van der Waals surface area contributed by atoms with Gasteiger partial charge >= 0.3 is 12.1 Å². The van der Waals surface area contributed by atoms with Crippen LogP contribution in [0.25, 0.3) is 11.1 Å². The minimum atomic E-state index is -0.961. The lowest BCUT2D eigenvalue weighted by molar-refractivity contribution is -0.228. The first kappa shape index (κ1) is 20.1. The van der Waals surface area contributed by atoms with Crippen molar-refractivity contribution in [2.24, 2.45) is 10.8 Å². The summed E-state index contributed by atoms with van der Waals surface area (Å²) in [5, 5.41) is 12.5. The lowest BCUT2D eigenvalue weighted by Gasteiger charge is -2.72. The third-order valence-electron chi connectivity index (χ3n) is 7.71. The van der Waals surface area contributed by atoms with Crippen molar-refractivity contribution in [2.45, 2.75) is 57.4 Å². The number of ether oxygens (including phenoxy) is 1. The van der Waals surface area contributed by atoms with Gasteiger partial charge in [-0.1, -0.05) is 68.3 Å². The van der Waals surface area contributed by atoms with Crippen LogP contribution in [-0.4, -0.2) is 29.8 Å². The molecule has 0 radical (unpaired) electrons. The number of alkyl carbamates (subject to hydrolysis) is 1. The van der Waals surface area contributed by atoms with Gasteiger partial charge < -0.3 is 15.2 Å². The molecule has 2 aromatic carbocycles. The van der Waals surface area contributed by atoms with Crippen LogP contribution in [-0.2, 0) is 9.53 Å². The number of carboxylic acids is 1. The van der Waals surface area contributed by atoms with Crippen LogP contribution in [0.2, 0.25) is 0 Å². The molecule has 2 N–H and O–H groups in total. The van der Waals surface area contributed by atoms with Crippen LogP contribution < -0.4 is 5.32 Å². The first-order chi connectivity index (χ1) is 15.0. The summed E-state index contributed by atoms with van der Waals surface area (Å²) in [6.07, 6.45) is 5.59. The first-order valence-corrected chi connectivity index (χ1v) is 11.3. The summed E-state index contributed by atoms with van der Waals surface area (Å²) in [6.45, 7) is 2.37. The van der Waals surface area contributed by atoms with Crippen molar-refractivity contribution in [3.63, 3.8) is 0 Å². The van der Waals surface area contributed by atoms with Crippen LogP contribution in [0.4, 0.5) is 4.79 Å². The SMILES string of the molecule is CCCCC12CC(C(NC(=O)OCC3c4ccccc4-c4ccccc43)C(=O)O)(C1)C2. The fraction of sp³-hybridized carbons (Fsp3) is 0.462. The van der Waals surface area contributed by atoms with Gasteiger partial charge in [-0.05, 0) is 53.4 Å². The van der Waals surface area contributed by atoms with Gasteiger partial charge in [0, 0.05) is 11.3 Å². The number of rotatable bonds is 8. The number of fused-ring (bicyclic) bond motifs is 3. The number of nitrogens with one attached hydrogen (secondary N) is 1. The molecule has 1 unspecified atom stereocenters. The molecule has 5 heteroatoms. The molecule has 0 aromatic heterocycles. The molecular weight excluding hydrogens is 390 g/mol. The Kier molecular flexibility index (Phi) is 4.80. The summed E-state index contributed by atoms with van der Waals surface area (Å²) >= 11 is 0. The van der Waals surface area contributed by atoms with E-state index < -0.39 is 18.1 Å². The average molecular weight is 420 g/mol. The second-order valence-electron chi connectivity index (χ2n) is 9.74. The van der Waals surface area contributed by atoms with Crippen LogP contribution in [0.3, 0.4) is 0 Å². The van der Waals surface area contributed by atoms with E-state index in [4.69, 9.17) is 4.74 Å². The van der Waals surface area contributed by atoms with Crippen molar-refractivity contribution in [1.29, 1.82) is 0 Å².